The Balaban J connectivity index is 2.01. The third-order valence-electron chi connectivity index (χ3n) is 4.28. The van der Waals surface area contributed by atoms with E-state index in [1.165, 1.54) is 0 Å². The topological polar surface area (TPSA) is 49.8 Å². The maximum atomic E-state index is 14.1. The second-order valence-corrected chi connectivity index (χ2v) is 19.2. The first kappa shape index (κ1) is 26.8. The standard InChI is InChI=1S/C20H29F4NO4Si3/c1-30(2,26-14-16-9-8-12-25-13-16)28-32(5,6)29-31(3,4)27-15-17-18(20(22,23)24)10-7-11-19(17)21/h7-13H,14-15H2,1-6H3. The first-order valence-electron chi connectivity index (χ1n) is 10.0. The molecule has 0 aliphatic carbocycles. The molecule has 2 aromatic rings. The van der Waals surface area contributed by atoms with Crippen LogP contribution in [0.3, 0.4) is 0 Å². The largest absolute Gasteiger partial charge is 0.416 e. The molecule has 0 N–H and O–H groups in total. The summed E-state index contributed by atoms with van der Waals surface area (Å²) in [5.74, 6) is -0.963. The van der Waals surface area contributed by atoms with Crippen molar-refractivity contribution in [2.75, 3.05) is 0 Å². The summed E-state index contributed by atoms with van der Waals surface area (Å²) in [6, 6.07) is 6.58. The van der Waals surface area contributed by atoms with Gasteiger partial charge in [-0.15, -0.1) is 0 Å². The molecule has 0 saturated heterocycles. The lowest BCUT2D eigenvalue weighted by molar-refractivity contribution is -0.138. The minimum atomic E-state index is -4.67. The lowest BCUT2D eigenvalue weighted by Crippen LogP contribution is -2.54. The van der Waals surface area contributed by atoms with Crippen LogP contribution in [0.2, 0.25) is 39.3 Å². The molecule has 12 heteroatoms. The molecule has 1 aromatic carbocycles. The zero-order chi connectivity index (χ0) is 24.2. The summed E-state index contributed by atoms with van der Waals surface area (Å²) in [5.41, 5.74) is -0.660. The Morgan fingerprint density at radius 3 is 1.94 bits per heavy atom. The maximum Gasteiger partial charge on any atom is 0.416 e. The van der Waals surface area contributed by atoms with Crippen molar-refractivity contribution >= 4 is 25.7 Å². The van der Waals surface area contributed by atoms with E-state index in [4.69, 9.17) is 17.1 Å². The van der Waals surface area contributed by atoms with Crippen LogP contribution in [0, 0.1) is 5.82 Å². The van der Waals surface area contributed by atoms with Gasteiger partial charge in [0.15, 0.2) is 0 Å². The SMILES string of the molecule is C[Si](C)(OCc1cccnc1)O[Si](C)(C)O[Si](C)(C)OCc1c(F)cccc1C(F)(F)F. The summed E-state index contributed by atoms with van der Waals surface area (Å²) in [6.07, 6.45) is -1.28. The molecule has 0 saturated carbocycles. The molecular formula is C20H29F4NO4Si3. The van der Waals surface area contributed by atoms with Crippen LogP contribution in [-0.2, 0) is 36.5 Å². The molecule has 0 amide bonds. The Bertz CT molecular complexity index is 896. The molecule has 0 aliphatic heterocycles. The first-order valence-corrected chi connectivity index (χ1v) is 18.5. The Morgan fingerprint density at radius 2 is 1.41 bits per heavy atom. The Hall–Kier alpha value is -1.42. The first-order chi connectivity index (χ1) is 14.6. The van der Waals surface area contributed by atoms with Crippen molar-refractivity contribution in [3.05, 3.63) is 65.2 Å². The molecule has 0 fully saturated rings. The van der Waals surface area contributed by atoms with Crippen molar-refractivity contribution in [1.29, 1.82) is 0 Å². The van der Waals surface area contributed by atoms with E-state index < -0.39 is 55.4 Å². The van der Waals surface area contributed by atoms with Gasteiger partial charge in [0.25, 0.3) is 0 Å². The molecule has 178 valence electrons. The lowest BCUT2D eigenvalue weighted by atomic mass is 10.1. The summed E-state index contributed by atoms with van der Waals surface area (Å²) < 4.78 is 77.9. The number of rotatable bonds is 10. The molecule has 5 nitrogen and oxygen atoms in total. The normalized spacial score (nSPS) is 13.4. The van der Waals surface area contributed by atoms with Crippen LogP contribution in [0.5, 0.6) is 0 Å². The predicted molar refractivity (Wildman–Crippen MR) is 120 cm³/mol. The molecule has 0 spiro atoms. The highest BCUT2D eigenvalue weighted by Gasteiger charge is 2.42. The number of hydrogen-bond acceptors (Lipinski definition) is 5. The number of hydrogen-bond donors (Lipinski definition) is 0. The van der Waals surface area contributed by atoms with E-state index in [1.807, 2.05) is 38.3 Å². The monoisotopic (exact) mass is 507 g/mol. The van der Waals surface area contributed by atoms with Gasteiger partial charge in [-0.25, -0.2) is 4.39 Å². The highest BCUT2D eigenvalue weighted by molar-refractivity contribution is 6.84. The van der Waals surface area contributed by atoms with Gasteiger partial charge in [0.05, 0.1) is 18.8 Å². The second-order valence-electron chi connectivity index (χ2n) is 8.61. The number of pyridine rings is 1. The van der Waals surface area contributed by atoms with Gasteiger partial charge >= 0.3 is 31.9 Å². The van der Waals surface area contributed by atoms with Crippen LogP contribution in [0.15, 0.2) is 42.7 Å². The van der Waals surface area contributed by atoms with Crippen LogP contribution in [0.4, 0.5) is 17.6 Å². The van der Waals surface area contributed by atoms with E-state index in [0.29, 0.717) is 6.61 Å². The zero-order valence-electron chi connectivity index (χ0n) is 19.0. The molecule has 0 bridgehead atoms. The molecule has 1 heterocycles. The van der Waals surface area contributed by atoms with Gasteiger partial charge in [0.2, 0.25) is 0 Å². The Labute approximate surface area is 189 Å². The molecule has 0 atom stereocenters. The maximum absolute atomic E-state index is 14.1. The van der Waals surface area contributed by atoms with Crippen LogP contribution < -0.4 is 0 Å². The fraction of sp³-hybridized carbons (Fsp3) is 0.450. The Kier molecular flexibility index (Phi) is 8.58. The van der Waals surface area contributed by atoms with Crippen molar-refractivity contribution in [1.82, 2.24) is 4.98 Å². The minimum Gasteiger partial charge on any atom is -0.415 e. The Morgan fingerprint density at radius 1 is 0.812 bits per heavy atom. The van der Waals surface area contributed by atoms with Crippen molar-refractivity contribution in [3.8, 4) is 0 Å². The highest BCUT2D eigenvalue weighted by Crippen LogP contribution is 2.34. The lowest BCUT2D eigenvalue weighted by Gasteiger charge is -2.37. The molecular weight excluding hydrogens is 478 g/mol. The number of alkyl halides is 3. The predicted octanol–water partition coefficient (Wildman–Crippen LogP) is 6.11. The van der Waals surface area contributed by atoms with Gasteiger partial charge < -0.3 is 17.1 Å². The highest BCUT2D eigenvalue weighted by atomic mass is 28.5. The van der Waals surface area contributed by atoms with Crippen LogP contribution in [0.25, 0.3) is 0 Å². The van der Waals surface area contributed by atoms with Gasteiger partial charge in [-0.3, -0.25) is 4.98 Å². The van der Waals surface area contributed by atoms with E-state index in [0.717, 1.165) is 23.8 Å². The van der Waals surface area contributed by atoms with Crippen LogP contribution >= 0.6 is 0 Å². The van der Waals surface area contributed by atoms with E-state index in [1.54, 1.807) is 25.5 Å². The summed E-state index contributed by atoms with van der Waals surface area (Å²) in [4.78, 5) is 4.05. The third kappa shape index (κ3) is 8.50. The summed E-state index contributed by atoms with van der Waals surface area (Å²) in [7, 11) is -8.31. The average Bonchev–Trinajstić information content (AvgIpc) is 2.63. The van der Waals surface area contributed by atoms with Crippen LogP contribution in [0.1, 0.15) is 16.7 Å². The molecule has 0 aliphatic rings. The van der Waals surface area contributed by atoms with Crippen molar-refractivity contribution < 1.29 is 34.6 Å². The zero-order valence-corrected chi connectivity index (χ0v) is 22.0. The van der Waals surface area contributed by atoms with Crippen molar-refractivity contribution in [2.45, 2.75) is 58.7 Å². The number of aromatic nitrogens is 1. The summed E-state index contributed by atoms with van der Waals surface area (Å²) >= 11 is 0. The minimum absolute atomic E-state index is 0.350. The van der Waals surface area contributed by atoms with Crippen molar-refractivity contribution in [2.24, 2.45) is 0 Å². The molecule has 0 unspecified atom stereocenters. The molecule has 1 aromatic heterocycles. The summed E-state index contributed by atoms with van der Waals surface area (Å²) in [5, 5.41) is 0. The number of nitrogens with zero attached hydrogens (tertiary/aromatic N) is 1. The van der Waals surface area contributed by atoms with Gasteiger partial charge in [0, 0.05) is 18.0 Å². The van der Waals surface area contributed by atoms with E-state index in [-0.39, 0.29) is 0 Å². The quantitative estimate of drug-likeness (QED) is 0.287. The fourth-order valence-corrected chi connectivity index (χ4v) is 14.7. The van der Waals surface area contributed by atoms with Gasteiger partial charge in [-0.05, 0) is 63.0 Å². The number of halogens is 4. The fourth-order valence-electron chi connectivity index (χ4n) is 3.22. The van der Waals surface area contributed by atoms with Crippen molar-refractivity contribution in [3.63, 3.8) is 0 Å². The van der Waals surface area contributed by atoms with Gasteiger partial charge in [-0.1, -0.05) is 12.1 Å². The molecule has 32 heavy (non-hydrogen) atoms. The summed E-state index contributed by atoms with van der Waals surface area (Å²) in [6.45, 7) is 10.7. The smallest absolute Gasteiger partial charge is 0.415 e. The van der Waals surface area contributed by atoms with E-state index in [9.17, 15) is 17.6 Å². The molecule has 0 radical (unpaired) electrons. The van der Waals surface area contributed by atoms with E-state index in [2.05, 4.69) is 4.98 Å². The average molecular weight is 508 g/mol. The van der Waals surface area contributed by atoms with E-state index >= 15 is 0 Å². The van der Waals surface area contributed by atoms with Gasteiger partial charge in [-0.2, -0.15) is 13.2 Å². The van der Waals surface area contributed by atoms with Gasteiger partial charge in [0.1, 0.15) is 5.82 Å². The second kappa shape index (κ2) is 10.2. The number of benzene rings is 1. The molecule has 2 rings (SSSR count). The third-order valence-corrected chi connectivity index (χ3v) is 13.8. The van der Waals surface area contributed by atoms with Crippen LogP contribution in [-0.4, -0.2) is 30.7 Å².